The smallest absolute Gasteiger partial charge is 0.257 e. The maximum absolute atomic E-state index is 12.5. The Labute approximate surface area is 77.6 Å². The van der Waals surface area contributed by atoms with E-state index in [0.717, 1.165) is 13.3 Å². The van der Waals surface area contributed by atoms with E-state index < -0.39 is 5.92 Å². The molecule has 1 N–H and O–H groups in total. The van der Waals surface area contributed by atoms with E-state index in [1.807, 2.05) is 13.8 Å². The minimum atomic E-state index is -2.64. The van der Waals surface area contributed by atoms with E-state index in [0.29, 0.717) is 6.61 Å². The summed E-state index contributed by atoms with van der Waals surface area (Å²) in [7, 11) is 0. The lowest BCUT2D eigenvalue weighted by Gasteiger charge is -2.27. The molecule has 0 aromatic heterocycles. The molecule has 0 aliphatic carbocycles. The van der Waals surface area contributed by atoms with Crippen LogP contribution in [0.3, 0.4) is 0 Å². The molecule has 0 spiro atoms. The van der Waals surface area contributed by atoms with Crippen molar-refractivity contribution in [1.29, 1.82) is 0 Å². The molecule has 2 nitrogen and oxygen atoms in total. The second-order valence-corrected chi connectivity index (χ2v) is 4.24. The molecule has 4 heteroatoms. The van der Waals surface area contributed by atoms with E-state index in [1.165, 1.54) is 0 Å². The van der Waals surface area contributed by atoms with Gasteiger partial charge in [-0.05, 0) is 20.3 Å². The molecule has 0 amide bonds. The summed E-state index contributed by atoms with van der Waals surface area (Å²) in [6.07, 6.45) is 0.809. The van der Waals surface area contributed by atoms with Crippen LogP contribution in [0.4, 0.5) is 8.78 Å². The highest BCUT2D eigenvalue weighted by molar-refractivity contribution is 4.91. The standard InChI is InChI=1S/C9H17F2NO/c1-8(2)7(4-5-13-8)12-6-9(3,10)11/h7,12H,4-6H2,1-3H3. The first kappa shape index (κ1) is 10.9. The van der Waals surface area contributed by atoms with Gasteiger partial charge in [0.25, 0.3) is 5.92 Å². The van der Waals surface area contributed by atoms with Crippen molar-refractivity contribution >= 4 is 0 Å². The molecule has 1 atom stereocenters. The molecule has 0 aromatic rings. The van der Waals surface area contributed by atoms with Gasteiger partial charge in [-0.3, -0.25) is 0 Å². The molecule has 0 saturated carbocycles. The van der Waals surface area contributed by atoms with Gasteiger partial charge in [0.1, 0.15) is 0 Å². The van der Waals surface area contributed by atoms with E-state index in [2.05, 4.69) is 5.32 Å². The summed E-state index contributed by atoms with van der Waals surface area (Å²) >= 11 is 0. The van der Waals surface area contributed by atoms with Crippen molar-refractivity contribution in [2.75, 3.05) is 13.2 Å². The van der Waals surface area contributed by atoms with Gasteiger partial charge in [-0.25, -0.2) is 8.78 Å². The van der Waals surface area contributed by atoms with Crippen LogP contribution in [0.15, 0.2) is 0 Å². The zero-order valence-electron chi connectivity index (χ0n) is 8.36. The lowest BCUT2D eigenvalue weighted by Crippen LogP contribution is -2.47. The summed E-state index contributed by atoms with van der Waals surface area (Å²) in [4.78, 5) is 0. The Morgan fingerprint density at radius 3 is 2.54 bits per heavy atom. The van der Waals surface area contributed by atoms with Gasteiger partial charge in [0.15, 0.2) is 0 Å². The first-order chi connectivity index (χ1) is 5.81. The third kappa shape index (κ3) is 3.19. The van der Waals surface area contributed by atoms with Crippen LogP contribution in [0.5, 0.6) is 0 Å². The molecule has 78 valence electrons. The second kappa shape index (κ2) is 3.50. The highest BCUT2D eigenvalue weighted by Crippen LogP contribution is 2.25. The van der Waals surface area contributed by atoms with Crippen LogP contribution < -0.4 is 5.32 Å². The third-order valence-electron chi connectivity index (χ3n) is 2.38. The number of halogens is 2. The molecule has 13 heavy (non-hydrogen) atoms. The normalized spacial score (nSPS) is 27.9. The number of hydrogen-bond donors (Lipinski definition) is 1. The van der Waals surface area contributed by atoms with Gasteiger partial charge in [0.2, 0.25) is 0 Å². The van der Waals surface area contributed by atoms with Crippen molar-refractivity contribution in [3.8, 4) is 0 Å². The molecule has 1 rings (SSSR count). The minimum Gasteiger partial charge on any atom is -0.374 e. The van der Waals surface area contributed by atoms with Crippen LogP contribution in [0.2, 0.25) is 0 Å². The Kier molecular flexibility index (Phi) is 2.92. The van der Waals surface area contributed by atoms with E-state index >= 15 is 0 Å². The average Bonchev–Trinajstić information content (AvgIpc) is 2.23. The topological polar surface area (TPSA) is 21.3 Å². The Morgan fingerprint density at radius 2 is 2.15 bits per heavy atom. The zero-order valence-corrected chi connectivity index (χ0v) is 8.36. The van der Waals surface area contributed by atoms with E-state index in [1.54, 1.807) is 0 Å². The molecule has 0 aromatic carbocycles. The summed E-state index contributed by atoms with van der Waals surface area (Å²) in [6.45, 7) is 5.14. The molecule has 1 saturated heterocycles. The van der Waals surface area contributed by atoms with Crippen molar-refractivity contribution in [1.82, 2.24) is 5.32 Å². The van der Waals surface area contributed by atoms with Crippen molar-refractivity contribution in [2.24, 2.45) is 0 Å². The van der Waals surface area contributed by atoms with Gasteiger partial charge >= 0.3 is 0 Å². The first-order valence-corrected chi connectivity index (χ1v) is 4.56. The number of alkyl halides is 2. The van der Waals surface area contributed by atoms with Crippen LogP contribution in [0.25, 0.3) is 0 Å². The van der Waals surface area contributed by atoms with Gasteiger partial charge in [-0.15, -0.1) is 0 Å². The van der Waals surface area contributed by atoms with Crippen molar-refractivity contribution in [2.45, 2.75) is 44.8 Å². The number of hydrogen-bond acceptors (Lipinski definition) is 2. The fourth-order valence-electron chi connectivity index (χ4n) is 1.54. The van der Waals surface area contributed by atoms with E-state index in [9.17, 15) is 8.78 Å². The fraction of sp³-hybridized carbons (Fsp3) is 1.00. The Hall–Kier alpha value is -0.220. The van der Waals surface area contributed by atoms with Crippen molar-refractivity contribution in [3.63, 3.8) is 0 Å². The third-order valence-corrected chi connectivity index (χ3v) is 2.38. The predicted molar refractivity (Wildman–Crippen MR) is 47.1 cm³/mol. The summed E-state index contributed by atoms with van der Waals surface area (Å²) in [5.74, 6) is -2.64. The van der Waals surface area contributed by atoms with Crippen LogP contribution in [-0.2, 0) is 4.74 Å². The average molecular weight is 193 g/mol. The summed E-state index contributed by atoms with van der Waals surface area (Å²) in [5, 5.41) is 2.84. The molecule has 1 aliphatic rings. The van der Waals surface area contributed by atoms with Crippen LogP contribution in [0.1, 0.15) is 27.2 Å². The first-order valence-electron chi connectivity index (χ1n) is 4.56. The summed E-state index contributed by atoms with van der Waals surface area (Å²) < 4.78 is 30.5. The SMILES string of the molecule is CC(F)(F)CNC1CCOC1(C)C. The zero-order chi connectivity index (χ0) is 10.1. The van der Waals surface area contributed by atoms with Crippen LogP contribution in [0, 0.1) is 0 Å². The summed E-state index contributed by atoms with van der Waals surface area (Å²) in [6, 6.07) is 0.0401. The van der Waals surface area contributed by atoms with Gasteiger partial charge in [0, 0.05) is 19.6 Å². The Bertz CT molecular complexity index is 177. The van der Waals surface area contributed by atoms with Gasteiger partial charge in [0.05, 0.1) is 12.1 Å². The highest BCUT2D eigenvalue weighted by atomic mass is 19.3. The Morgan fingerprint density at radius 1 is 1.54 bits per heavy atom. The number of nitrogens with one attached hydrogen (secondary N) is 1. The molecule has 0 radical (unpaired) electrons. The highest BCUT2D eigenvalue weighted by Gasteiger charge is 2.36. The van der Waals surface area contributed by atoms with Crippen molar-refractivity contribution in [3.05, 3.63) is 0 Å². The van der Waals surface area contributed by atoms with Crippen LogP contribution >= 0.6 is 0 Å². The van der Waals surface area contributed by atoms with Gasteiger partial charge < -0.3 is 10.1 Å². The largest absolute Gasteiger partial charge is 0.374 e. The summed E-state index contributed by atoms with van der Waals surface area (Å²) in [5.41, 5.74) is -0.314. The maximum Gasteiger partial charge on any atom is 0.257 e. The van der Waals surface area contributed by atoms with Gasteiger partial charge in [-0.2, -0.15) is 0 Å². The number of rotatable bonds is 3. The lowest BCUT2D eigenvalue weighted by atomic mass is 9.99. The monoisotopic (exact) mass is 193 g/mol. The molecule has 1 aliphatic heterocycles. The second-order valence-electron chi connectivity index (χ2n) is 4.24. The molecule has 1 fully saturated rings. The quantitative estimate of drug-likeness (QED) is 0.738. The fourth-order valence-corrected chi connectivity index (χ4v) is 1.54. The van der Waals surface area contributed by atoms with Crippen LogP contribution in [-0.4, -0.2) is 30.7 Å². The van der Waals surface area contributed by atoms with E-state index in [4.69, 9.17) is 4.74 Å². The predicted octanol–water partition coefficient (Wildman–Crippen LogP) is 1.80. The maximum atomic E-state index is 12.5. The molecular weight excluding hydrogens is 176 g/mol. The number of ether oxygens (including phenoxy) is 1. The van der Waals surface area contributed by atoms with Crippen molar-refractivity contribution < 1.29 is 13.5 Å². The molecular formula is C9H17F2NO. The van der Waals surface area contributed by atoms with E-state index in [-0.39, 0.29) is 18.2 Å². The Balaban J connectivity index is 2.37. The minimum absolute atomic E-state index is 0.0401. The molecule has 1 unspecified atom stereocenters. The molecule has 0 bridgehead atoms. The van der Waals surface area contributed by atoms with Gasteiger partial charge in [-0.1, -0.05) is 0 Å². The molecule has 1 heterocycles. The lowest BCUT2D eigenvalue weighted by molar-refractivity contribution is -0.00219.